The minimum Gasteiger partial charge on any atom is -0.384 e. The van der Waals surface area contributed by atoms with E-state index in [1.165, 1.54) is 0 Å². The van der Waals surface area contributed by atoms with E-state index in [0.29, 0.717) is 0 Å². The van der Waals surface area contributed by atoms with Crippen LogP contribution in [0.15, 0.2) is 71.2 Å². The minimum atomic E-state index is -0.598. The maximum Gasteiger partial charge on any atom is 0.105 e. The highest BCUT2D eigenvalue weighted by molar-refractivity contribution is 9.10. The number of aliphatic hydroxyl groups is 1. The van der Waals surface area contributed by atoms with Crippen LogP contribution >= 0.6 is 15.9 Å². The molecule has 0 heterocycles. The fourth-order valence-corrected chi connectivity index (χ4v) is 2.58. The van der Waals surface area contributed by atoms with Crippen molar-refractivity contribution >= 4 is 26.7 Å². The van der Waals surface area contributed by atoms with Gasteiger partial charge in [-0.1, -0.05) is 70.5 Å². The summed E-state index contributed by atoms with van der Waals surface area (Å²) in [6.45, 7) is 0. The van der Waals surface area contributed by atoms with Crippen LogP contribution in [0.3, 0.4) is 0 Å². The molecule has 3 rings (SSSR count). The molecular weight excluding hydrogens is 300 g/mol. The summed E-state index contributed by atoms with van der Waals surface area (Å²) in [4.78, 5) is 0. The second kappa shape index (κ2) is 5.16. The SMILES string of the molecule is O[C@@H](c1ccc(Br)cc1)c1cccc2ccccc12. The molecule has 0 unspecified atom stereocenters. The first-order valence-corrected chi connectivity index (χ1v) is 6.96. The number of benzene rings is 3. The van der Waals surface area contributed by atoms with Crippen LogP contribution in [0, 0.1) is 0 Å². The van der Waals surface area contributed by atoms with E-state index in [1.54, 1.807) is 0 Å². The summed E-state index contributed by atoms with van der Waals surface area (Å²) < 4.78 is 1.02. The molecular formula is C17H13BrO. The second-order valence-corrected chi connectivity index (χ2v) is 5.44. The normalized spacial score (nSPS) is 12.5. The predicted molar refractivity (Wildman–Crippen MR) is 82.2 cm³/mol. The Balaban J connectivity index is 2.11. The highest BCUT2D eigenvalue weighted by Crippen LogP contribution is 2.29. The van der Waals surface area contributed by atoms with Crippen molar-refractivity contribution in [2.24, 2.45) is 0 Å². The van der Waals surface area contributed by atoms with Gasteiger partial charge in [0.1, 0.15) is 6.10 Å². The molecule has 0 saturated heterocycles. The number of aliphatic hydroxyl groups excluding tert-OH is 1. The second-order valence-electron chi connectivity index (χ2n) is 4.52. The molecule has 3 aromatic carbocycles. The Bertz CT molecular complexity index is 699. The number of halogens is 1. The first-order chi connectivity index (χ1) is 9.25. The Hall–Kier alpha value is -1.64. The molecule has 94 valence electrons. The van der Waals surface area contributed by atoms with Gasteiger partial charge in [0.15, 0.2) is 0 Å². The van der Waals surface area contributed by atoms with Crippen LogP contribution in [0.1, 0.15) is 17.2 Å². The lowest BCUT2D eigenvalue weighted by Gasteiger charge is -2.14. The summed E-state index contributed by atoms with van der Waals surface area (Å²) in [5, 5.41) is 12.8. The molecule has 0 amide bonds. The van der Waals surface area contributed by atoms with Gasteiger partial charge in [0.25, 0.3) is 0 Å². The van der Waals surface area contributed by atoms with E-state index >= 15 is 0 Å². The molecule has 0 saturated carbocycles. The first kappa shape index (κ1) is 12.4. The highest BCUT2D eigenvalue weighted by atomic mass is 79.9. The summed E-state index contributed by atoms with van der Waals surface area (Å²) in [6.07, 6.45) is -0.598. The van der Waals surface area contributed by atoms with Gasteiger partial charge in [-0.2, -0.15) is 0 Å². The first-order valence-electron chi connectivity index (χ1n) is 6.17. The van der Waals surface area contributed by atoms with Gasteiger partial charge in [-0.25, -0.2) is 0 Å². The molecule has 0 aliphatic carbocycles. The van der Waals surface area contributed by atoms with Crippen molar-refractivity contribution in [3.63, 3.8) is 0 Å². The summed E-state index contributed by atoms with van der Waals surface area (Å²) >= 11 is 3.41. The predicted octanol–water partition coefficient (Wildman–Crippen LogP) is 4.68. The largest absolute Gasteiger partial charge is 0.384 e. The van der Waals surface area contributed by atoms with E-state index < -0.39 is 6.10 Å². The standard InChI is InChI=1S/C17H13BrO/c18-14-10-8-13(9-11-14)17(19)16-7-3-5-12-4-1-2-6-15(12)16/h1-11,17,19H/t17-/m0/s1. The number of hydrogen-bond donors (Lipinski definition) is 1. The Morgan fingerprint density at radius 3 is 2.26 bits per heavy atom. The Kier molecular flexibility index (Phi) is 3.36. The molecule has 1 atom stereocenters. The van der Waals surface area contributed by atoms with Gasteiger partial charge in [-0.05, 0) is 34.0 Å². The minimum absolute atomic E-state index is 0.598. The number of hydrogen-bond acceptors (Lipinski definition) is 1. The van der Waals surface area contributed by atoms with E-state index in [-0.39, 0.29) is 0 Å². The topological polar surface area (TPSA) is 20.2 Å². The van der Waals surface area contributed by atoms with Crippen molar-refractivity contribution in [1.29, 1.82) is 0 Å². The zero-order chi connectivity index (χ0) is 13.2. The summed E-state index contributed by atoms with van der Waals surface area (Å²) in [5.74, 6) is 0. The Morgan fingerprint density at radius 1 is 0.789 bits per heavy atom. The molecule has 0 aliphatic rings. The van der Waals surface area contributed by atoms with E-state index in [9.17, 15) is 5.11 Å². The molecule has 1 N–H and O–H groups in total. The van der Waals surface area contributed by atoms with Crippen LogP contribution < -0.4 is 0 Å². The van der Waals surface area contributed by atoms with Crippen LogP contribution in [-0.4, -0.2) is 5.11 Å². The maximum atomic E-state index is 10.6. The quantitative estimate of drug-likeness (QED) is 0.728. The van der Waals surface area contributed by atoms with Crippen molar-refractivity contribution in [3.05, 3.63) is 82.3 Å². The molecule has 0 aromatic heterocycles. The van der Waals surface area contributed by atoms with Crippen molar-refractivity contribution in [2.75, 3.05) is 0 Å². The van der Waals surface area contributed by atoms with Crippen molar-refractivity contribution in [1.82, 2.24) is 0 Å². The van der Waals surface area contributed by atoms with Crippen LogP contribution in [0.5, 0.6) is 0 Å². The third kappa shape index (κ3) is 2.42. The van der Waals surface area contributed by atoms with E-state index in [1.807, 2.05) is 54.6 Å². The smallest absolute Gasteiger partial charge is 0.105 e. The van der Waals surface area contributed by atoms with Gasteiger partial charge in [-0.15, -0.1) is 0 Å². The summed E-state index contributed by atoms with van der Waals surface area (Å²) in [6, 6.07) is 21.9. The molecule has 1 nitrogen and oxygen atoms in total. The maximum absolute atomic E-state index is 10.6. The lowest BCUT2D eigenvalue weighted by atomic mass is 9.96. The molecule has 2 heteroatoms. The van der Waals surface area contributed by atoms with Gasteiger partial charge in [0.05, 0.1) is 0 Å². The van der Waals surface area contributed by atoms with E-state index in [4.69, 9.17) is 0 Å². The molecule has 0 bridgehead atoms. The summed E-state index contributed by atoms with van der Waals surface area (Å²) in [7, 11) is 0. The third-order valence-corrected chi connectivity index (χ3v) is 3.83. The van der Waals surface area contributed by atoms with E-state index in [0.717, 1.165) is 26.4 Å². The van der Waals surface area contributed by atoms with Gasteiger partial charge < -0.3 is 5.11 Å². The highest BCUT2D eigenvalue weighted by Gasteiger charge is 2.12. The number of rotatable bonds is 2. The zero-order valence-corrected chi connectivity index (χ0v) is 11.8. The average Bonchev–Trinajstić information content (AvgIpc) is 2.47. The molecule has 0 aliphatic heterocycles. The molecule has 0 radical (unpaired) electrons. The number of fused-ring (bicyclic) bond motifs is 1. The monoisotopic (exact) mass is 312 g/mol. The van der Waals surface area contributed by atoms with Crippen LogP contribution in [0.25, 0.3) is 10.8 Å². The van der Waals surface area contributed by atoms with Gasteiger partial charge >= 0.3 is 0 Å². The molecule has 0 fully saturated rings. The van der Waals surface area contributed by atoms with Gasteiger partial charge in [0.2, 0.25) is 0 Å². The van der Waals surface area contributed by atoms with Crippen molar-refractivity contribution in [2.45, 2.75) is 6.10 Å². The van der Waals surface area contributed by atoms with Crippen LogP contribution in [0.2, 0.25) is 0 Å². The van der Waals surface area contributed by atoms with Gasteiger partial charge in [-0.3, -0.25) is 0 Å². The molecule has 19 heavy (non-hydrogen) atoms. The van der Waals surface area contributed by atoms with Crippen molar-refractivity contribution in [3.8, 4) is 0 Å². The zero-order valence-electron chi connectivity index (χ0n) is 10.3. The van der Waals surface area contributed by atoms with Crippen LogP contribution in [0.4, 0.5) is 0 Å². The Labute approximate surface area is 120 Å². The summed E-state index contributed by atoms with van der Waals surface area (Å²) in [5.41, 5.74) is 1.85. The van der Waals surface area contributed by atoms with Gasteiger partial charge in [0, 0.05) is 4.47 Å². The average molecular weight is 313 g/mol. The fraction of sp³-hybridized carbons (Fsp3) is 0.0588. The lowest BCUT2D eigenvalue weighted by molar-refractivity contribution is 0.222. The lowest BCUT2D eigenvalue weighted by Crippen LogP contribution is -2.00. The fourth-order valence-electron chi connectivity index (χ4n) is 2.31. The Morgan fingerprint density at radius 2 is 1.47 bits per heavy atom. The van der Waals surface area contributed by atoms with Crippen LogP contribution in [-0.2, 0) is 0 Å². The molecule has 3 aromatic rings. The van der Waals surface area contributed by atoms with Crippen molar-refractivity contribution < 1.29 is 5.11 Å². The third-order valence-electron chi connectivity index (χ3n) is 3.30. The molecule has 0 spiro atoms. The van der Waals surface area contributed by atoms with E-state index in [2.05, 4.69) is 28.1 Å².